The Hall–Kier alpha value is -3.92. The van der Waals surface area contributed by atoms with Crippen LogP contribution < -0.4 is 10.6 Å². The lowest BCUT2D eigenvalue weighted by molar-refractivity contribution is 0.379. The molecule has 1 saturated heterocycles. The van der Waals surface area contributed by atoms with Gasteiger partial charge in [0.25, 0.3) is 0 Å². The van der Waals surface area contributed by atoms with Crippen LogP contribution in [0.3, 0.4) is 0 Å². The van der Waals surface area contributed by atoms with E-state index < -0.39 is 0 Å². The van der Waals surface area contributed by atoms with E-state index in [1.807, 2.05) is 37.4 Å². The van der Waals surface area contributed by atoms with Gasteiger partial charge >= 0.3 is 0 Å². The predicted octanol–water partition coefficient (Wildman–Crippen LogP) is 2.61. The minimum absolute atomic E-state index is 0.0972. The van der Waals surface area contributed by atoms with Crippen molar-refractivity contribution in [3.63, 3.8) is 0 Å². The summed E-state index contributed by atoms with van der Waals surface area (Å²) in [5, 5.41) is 12.9. The third-order valence-electron chi connectivity index (χ3n) is 7.63. The lowest BCUT2D eigenvalue weighted by Gasteiger charge is -2.26. The number of nitrogens with two attached hydrogens (primary N) is 1. The Labute approximate surface area is 194 Å². The van der Waals surface area contributed by atoms with Crippen molar-refractivity contribution < 1.29 is 4.52 Å². The zero-order chi connectivity index (χ0) is 22.9. The third-order valence-corrected chi connectivity index (χ3v) is 7.63. The highest BCUT2D eigenvalue weighted by molar-refractivity contribution is 5.98. The van der Waals surface area contributed by atoms with E-state index in [1.54, 1.807) is 12.4 Å². The summed E-state index contributed by atoms with van der Waals surface area (Å²) in [6.07, 6.45) is 6.37. The first kappa shape index (κ1) is 19.5. The van der Waals surface area contributed by atoms with Crippen molar-refractivity contribution in [2.45, 2.75) is 18.8 Å². The maximum Gasteiger partial charge on any atom is 0.202 e. The summed E-state index contributed by atoms with van der Waals surface area (Å²) >= 11 is 0. The fourth-order valence-corrected chi connectivity index (χ4v) is 5.88. The Balaban J connectivity index is 1.20. The molecule has 2 aliphatic rings. The van der Waals surface area contributed by atoms with Crippen LogP contribution in [0.1, 0.15) is 17.9 Å². The molecule has 0 aromatic carbocycles. The quantitative estimate of drug-likeness (QED) is 0.421. The molecule has 34 heavy (non-hydrogen) atoms. The predicted molar refractivity (Wildman–Crippen MR) is 126 cm³/mol. The van der Waals surface area contributed by atoms with Gasteiger partial charge < -0.3 is 15.2 Å². The Kier molecular flexibility index (Phi) is 4.04. The number of aryl methyl sites for hydroxylation is 1. The highest BCUT2D eigenvalue weighted by Crippen LogP contribution is 2.62. The molecule has 3 atom stereocenters. The molecule has 0 bridgehead atoms. The van der Waals surface area contributed by atoms with Gasteiger partial charge in [-0.2, -0.15) is 5.10 Å². The van der Waals surface area contributed by atoms with Crippen molar-refractivity contribution in [2.24, 2.45) is 17.6 Å². The summed E-state index contributed by atoms with van der Waals surface area (Å²) in [6, 6.07) is 7.88. The first-order valence-electron chi connectivity index (χ1n) is 11.5. The molecule has 1 aliphatic heterocycles. The number of aromatic nitrogens is 7. The van der Waals surface area contributed by atoms with E-state index in [2.05, 4.69) is 30.2 Å². The van der Waals surface area contributed by atoms with Gasteiger partial charge in [0, 0.05) is 54.5 Å². The van der Waals surface area contributed by atoms with Crippen molar-refractivity contribution in [1.82, 2.24) is 35.3 Å². The maximum atomic E-state index is 6.27. The largest absolute Gasteiger partial charge is 0.361 e. The number of anilines is 1. The molecule has 0 radical (unpaired) electrons. The highest BCUT2D eigenvalue weighted by Gasteiger charge is 2.67. The normalized spacial score (nSPS) is 24.0. The van der Waals surface area contributed by atoms with Crippen LogP contribution in [-0.4, -0.2) is 54.9 Å². The molecule has 3 N–H and O–H groups in total. The van der Waals surface area contributed by atoms with Crippen LogP contribution in [0.5, 0.6) is 0 Å². The molecule has 0 amide bonds. The average molecular weight is 454 g/mol. The number of fused-ring (bicyclic) bond motifs is 3. The Morgan fingerprint density at radius 1 is 1.18 bits per heavy atom. The van der Waals surface area contributed by atoms with Gasteiger partial charge in [-0.05, 0) is 43.4 Å². The number of rotatable bonds is 4. The van der Waals surface area contributed by atoms with Crippen LogP contribution in [0, 0.1) is 18.8 Å². The van der Waals surface area contributed by atoms with E-state index in [-0.39, 0.29) is 5.41 Å². The summed E-state index contributed by atoms with van der Waals surface area (Å²) in [4.78, 5) is 20.6. The topological polar surface area (TPSA) is 136 Å². The number of nitrogens with one attached hydrogen (secondary N) is 1. The van der Waals surface area contributed by atoms with Crippen LogP contribution in [0.4, 0.5) is 5.82 Å². The minimum atomic E-state index is -0.0972. The van der Waals surface area contributed by atoms with Crippen LogP contribution in [0.25, 0.3) is 33.5 Å². The van der Waals surface area contributed by atoms with Crippen LogP contribution in [0.2, 0.25) is 0 Å². The second-order valence-electron chi connectivity index (χ2n) is 9.25. The number of piperidine rings is 1. The van der Waals surface area contributed by atoms with E-state index >= 15 is 0 Å². The van der Waals surface area contributed by atoms with E-state index in [0.29, 0.717) is 29.7 Å². The summed E-state index contributed by atoms with van der Waals surface area (Å²) in [5.74, 6) is 2.62. The van der Waals surface area contributed by atoms with Gasteiger partial charge in [-0.25, -0.2) is 19.9 Å². The molecule has 1 aliphatic carbocycles. The van der Waals surface area contributed by atoms with Crippen LogP contribution in [0.15, 0.2) is 47.4 Å². The first-order chi connectivity index (χ1) is 16.7. The summed E-state index contributed by atoms with van der Waals surface area (Å²) < 4.78 is 5.36. The standard InChI is InChI=1S/C24H23N9O/c1-13-9-18(32-34-13)24(12-25)16-5-8-33(11-17(16)24)19-10-28-21-20(30-31-23(21)29-19)14-4-7-27-22-15(14)3-2-6-26-22/h2-4,6-7,9-10,16-17H,5,8,11-12,25H2,1H3,(H,29,30,31)/t16-,17+,24+/m1/s1. The zero-order valence-electron chi connectivity index (χ0n) is 18.6. The summed E-state index contributed by atoms with van der Waals surface area (Å²) in [5.41, 5.74) is 11.0. The number of hydrogen-bond acceptors (Lipinski definition) is 9. The Bertz CT molecular complexity index is 1540. The molecular formula is C24H23N9O. The molecule has 10 nitrogen and oxygen atoms in total. The van der Waals surface area contributed by atoms with Crippen molar-refractivity contribution >= 4 is 28.0 Å². The molecule has 0 spiro atoms. The highest BCUT2D eigenvalue weighted by atomic mass is 16.5. The first-order valence-corrected chi connectivity index (χ1v) is 11.5. The second-order valence-corrected chi connectivity index (χ2v) is 9.25. The second kappa shape index (κ2) is 7.04. The molecule has 7 rings (SSSR count). The van der Waals surface area contributed by atoms with Gasteiger partial charge in [-0.15, -0.1) is 0 Å². The van der Waals surface area contributed by atoms with E-state index in [9.17, 15) is 0 Å². The van der Waals surface area contributed by atoms with E-state index in [4.69, 9.17) is 20.2 Å². The number of H-pyrrole nitrogens is 1. The molecule has 5 aromatic heterocycles. The Morgan fingerprint density at radius 2 is 2.09 bits per heavy atom. The lowest BCUT2D eigenvalue weighted by Crippen LogP contribution is -2.32. The van der Waals surface area contributed by atoms with Gasteiger partial charge in [-0.3, -0.25) is 5.10 Å². The molecule has 170 valence electrons. The third kappa shape index (κ3) is 2.65. The molecule has 0 unspecified atom stereocenters. The number of hydrogen-bond donors (Lipinski definition) is 2. The average Bonchev–Trinajstić information content (AvgIpc) is 3.12. The summed E-state index contributed by atoms with van der Waals surface area (Å²) in [6.45, 7) is 4.27. The van der Waals surface area contributed by atoms with E-state index in [0.717, 1.165) is 58.9 Å². The minimum Gasteiger partial charge on any atom is -0.361 e. The smallest absolute Gasteiger partial charge is 0.202 e. The van der Waals surface area contributed by atoms with Crippen molar-refractivity contribution in [3.05, 3.63) is 54.3 Å². The van der Waals surface area contributed by atoms with Gasteiger partial charge in [-0.1, -0.05) is 5.16 Å². The van der Waals surface area contributed by atoms with Crippen molar-refractivity contribution in [1.29, 1.82) is 0 Å². The zero-order valence-corrected chi connectivity index (χ0v) is 18.6. The lowest BCUT2D eigenvalue weighted by atomic mass is 9.97. The van der Waals surface area contributed by atoms with Gasteiger partial charge in [0.2, 0.25) is 5.65 Å². The number of pyridine rings is 2. The van der Waals surface area contributed by atoms with Crippen molar-refractivity contribution in [2.75, 3.05) is 24.5 Å². The fraction of sp³-hybridized carbons (Fsp3) is 0.333. The van der Waals surface area contributed by atoms with Gasteiger partial charge in [0.1, 0.15) is 17.1 Å². The van der Waals surface area contributed by atoms with Crippen LogP contribution >= 0.6 is 0 Å². The molecule has 2 fully saturated rings. The number of aromatic amines is 1. The number of nitrogens with zero attached hydrogens (tertiary/aromatic N) is 7. The summed E-state index contributed by atoms with van der Waals surface area (Å²) in [7, 11) is 0. The SMILES string of the molecule is Cc1cc([C@@]2(CN)[C@@H]3CCN(c4cnc5c(-c6ccnc7ncccc67)[nH]nc5n4)C[C@@H]32)no1. The van der Waals surface area contributed by atoms with E-state index in [1.165, 1.54) is 0 Å². The van der Waals surface area contributed by atoms with Gasteiger partial charge in [0.05, 0.1) is 17.6 Å². The van der Waals surface area contributed by atoms with Gasteiger partial charge in [0.15, 0.2) is 5.65 Å². The molecule has 5 aromatic rings. The molecule has 10 heteroatoms. The monoisotopic (exact) mass is 453 g/mol. The molecule has 6 heterocycles. The molecular weight excluding hydrogens is 430 g/mol. The molecule has 1 saturated carbocycles. The Morgan fingerprint density at radius 3 is 2.94 bits per heavy atom. The van der Waals surface area contributed by atoms with Crippen molar-refractivity contribution in [3.8, 4) is 11.3 Å². The fourth-order valence-electron chi connectivity index (χ4n) is 5.88. The van der Waals surface area contributed by atoms with Crippen LogP contribution in [-0.2, 0) is 5.41 Å². The maximum absolute atomic E-state index is 6.27.